The number of rotatable bonds is 4. The first-order valence-electron chi connectivity index (χ1n) is 8.80. The fraction of sp³-hybridized carbons (Fsp3) is 0. The molecule has 0 bridgehead atoms. The molecule has 0 aliphatic rings. The molecule has 0 aromatic heterocycles. The Labute approximate surface area is 169 Å². The molecular formula is C24H20BIr-. The third kappa shape index (κ3) is 3.19. The minimum atomic E-state index is -1.22. The van der Waals surface area contributed by atoms with Gasteiger partial charge in [0.25, 0.3) is 0 Å². The van der Waals surface area contributed by atoms with Gasteiger partial charge in [0, 0.05) is 20.1 Å². The van der Waals surface area contributed by atoms with Gasteiger partial charge in [0.05, 0.1) is 0 Å². The molecule has 0 saturated heterocycles. The summed E-state index contributed by atoms with van der Waals surface area (Å²) in [6, 6.07) is 43.5. The van der Waals surface area contributed by atoms with E-state index in [0.717, 1.165) is 0 Å². The summed E-state index contributed by atoms with van der Waals surface area (Å²) in [5.41, 5.74) is 5.36. The molecule has 26 heavy (non-hydrogen) atoms. The Morgan fingerprint density at radius 1 is 0.308 bits per heavy atom. The molecule has 4 aromatic carbocycles. The van der Waals surface area contributed by atoms with Crippen LogP contribution in [0.4, 0.5) is 0 Å². The van der Waals surface area contributed by atoms with Gasteiger partial charge in [0.2, 0.25) is 0 Å². The Balaban J connectivity index is 0.00000196. The van der Waals surface area contributed by atoms with E-state index in [9.17, 15) is 0 Å². The summed E-state index contributed by atoms with van der Waals surface area (Å²) in [6.07, 6.45) is -1.22. The zero-order valence-corrected chi connectivity index (χ0v) is 16.9. The molecule has 0 unspecified atom stereocenters. The van der Waals surface area contributed by atoms with E-state index in [1.54, 1.807) is 0 Å². The minimum Gasteiger partial charge on any atom is -0.195 e. The Kier molecular flexibility index (Phi) is 5.88. The maximum Gasteiger partial charge on any atom is 0.108 e. The van der Waals surface area contributed by atoms with Gasteiger partial charge in [-0.25, -0.2) is 0 Å². The van der Waals surface area contributed by atoms with E-state index >= 15 is 0 Å². The summed E-state index contributed by atoms with van der Waals surface area (Å²) < 4.78 is 0. The number of benzene rings is 4. The second-order valence-electron chi connectivity index (χ2n) is 6.51. The quantitative estimate of drug-likeness (QED) is 0.370. The van der Waals surface area contributed by atoms with Crippen molar-refractivity contribution in [1.82, 2.24) is 0 Å². The van der Waals surface area contributed by atoms with Crippen molar-refractivity contribution in [2.45, 2.75) is 0 Å². The van der Waals surface area contributed by atoms with Crippen molar-refractivity contribution in [2.24, 2.45) is 0 Å². The number of hydrogen-bond acceptors (Lipinski definition) is 0. The van der Waals surface area contributed by atoms with Gasteiger partial charge in [-0.05, 0) is 0 Å². The third-order valence-corrected chi connectivity index (χ3v) is 5.20. The van der Waals surface area contributed by atoms with Crippen molar-refractivity contribution in [3.05, 3.63) is 121 Å². The van der Waals surface area contributed by atoms with E-state index in [2.05, 4.69) is 121 Å². The Morgan fingerprint density at radius 3 is 0.692 bits per heavy atom. The molecule has 0 amide bonds. The Morgan fingerprint density at radius 2 is 0.500 bits per heavy atom. The molecule has 0 fully saturated rings. The van der Waals surface area contributed by atoms with Crippen molar-refractivity contribution in [2.75, 3.05) is 0 Å². The molecule has 1 radical (unpaired) electrons. The monoisotopic (exact) mass is 512 g/mol. The molecule has 2 heteroatoms. The zero-order chi connectivity index (χ0) is 17.0. The smallest absolute Gasteiger partial charge is 0.108 e. The molecule has 129 valence electrons. The fourth-order valence-corrected chi connectivity index (χ4v) is 4.12. The fourth-order valence-electron chi connectivity index (χ4n) is 4.12. The van der Waals surface area contributed by atoms with E-state index in [1.807, 2.05) is 0 Å². The van der Waals surface area contributed by atoms with Crippen molar-refractivity contribution in [3.63, 3.8) is 0 Å². The van der Waals surface area contributed by atoms with Crippen molar-refractivity contribution in [3.8, 4) is 0 Å². The number of hydrogen-bond donors (Lipinski definition) is 0. The summed E-state index contributed by atoms with van der Waals surface area (Å²) in [5.74, 6) is 0. The van der Waals surface area contributed by atoms with Crippen LogP contribution in [0.2, 0.25) is 0 Å². The predicted octanol–water partition coefficient (Wildman–Crippen LogP) is 3.06. The van der Waals surface area contributed by atoms with Crippen molar-refractivity contribution < 1.29 is 20.1 Å². The summed E-state index contributed by atoms with van der Waals surface area (Å²) in [4.78, 5) is 0. The van der Waals surface area contributed by atoms with E-state index in [4.69, 9.17) is 0 Å². The molecule has 0 aliphatic carbocycles. The molecule has 0 heterocycles. The van der Waals surface area contributed by atoms with Gasteiger partial charge in [-0.1, -0.05) is 121 Å². The average Bonchev–Trinajstić information content (AvgIpc) is 2.72. The van der Waals surface area contributed by atoms with Gasteiger partial charge in [0.15, 0.2) is 0 Å². The zero-order valence-electron chi connectivity index (χ0n) is 14.5. The minimum absolute atomic E-state index is 0. The van der Waals surface area contributed by atoms with Crippen LogP contribution < -0.4 is 21.9 Å². The summed E-state index contributed by atoms with van der Waals surface area (Å²) in [6.45, 7) is 0. The molecule has 0 saturated carbocycles. The van der Waals surface area contributed by atoms with E-state index in [0.29, 0.717) is 0 Å². The van der Waals surface area contributed by atoms with E-state index in [-0.39, 0.29) is 20.1 Å². The van der Waals surface area contributed by atoms with Crippen LogP contribution in [-0.4, -0.2) is 6.15 Å². The SMILES string of the molecule is [Ir].c1ccc([B-](c2ccccc2)(c2ccccc2)c2ccccc2)cc1. The van der Waals surface area contributed by atoms with Crippen LogP contribution in [0.1, 0.15) is 0 Å². The summed E-state index contributed by atoms with van der Waals surface area (Å²) in [7, 11) is 0. The van der Waals surface area contributed by atoms with Gasteiger partial charge in [-0.15, -0.1) is 0 Å². The first-order chi connectivity index (χ1) is 12.4. The Bertz CT molecular complexity index is 759. The molecule has 0 nitrogen and oxygen atoms in total. The van der Waals surface area contributed by atoms with Gasteiger partial charge < -0.3 is 0 Å². The molecule has 0 atom stereocenters. The average molecular weight is 511 g/mol. The topological polar surface area (TPSA) is 0 Å². The van der Waals surface area contributed by atoms with Crippen LogP contribution in [0.25, 0.3) is 0 Å². The molecule has 4 rings (SSSR count). The maximum atomic E-state index is 2.26. The van der Waals surface area contributed by atoms with Crippen LogP contribution >= 0.6 is 0 Å². The maximum absolute atomic E-state index is 2.26. The van der Waals surface area contributed by atoms with Crippen molar-refractivity contribution >= 4 is 28.0 Å². The molecule has 0 spiro atoms. The van der Waals surface area contributed by atoms with Crippen molar-refractivity contribution in [1.29, 1.82) is 0 Å². The van der Waals surface area contributed by atoms with E-state index in [1.165, 1.54) is 21.9 Å². The van der Waals surface area contributed by atoms with Gasteiger partial charge in [-0.2, -0.15) is 21.9 Å². The summed E-state index contributed by atoms with van der Waals surface area (Å²) in [5, 5.41) is 0. The molecule has 4 aromatic rings. The van der Waals surface area contributed by atoms with Crippen LogP contribution in [-0.2, 0) is 20.1 Å². The van der Waals surface area contributed by atoms with Gasteiger partial charge in [-0.3, -0.25) is 0 Å². The second kappa shape index (κ2) is 8.32. The standard InChI is InChI=1S/C24H20B.Ir/c1-5-13-21(14-6-1)25(22-15-7-2-8-16-22,23-17-9-3-10-18-23)24-19-11-4-12-20-24;/h1-20H;/q-1;. The second-order valence-corrected chi connectivity index (χ2v) is 6.51. The Hall–Kier alpha value is -2.41. The molecular weight excluding hydrogens is 491 g/mol. The first-order valence-corrected chi connectivity index (χ1v) is 8.80. The third-order valence-electron chi connectivity index (χ3n) is 5.20. The molecule has 0 N–H and O–H groups in total. The van der Waals surface area contributed by atoms with Crippen LogP contribution in [0.3, 0.4) is 0 Å². The van der Waals surface area contributed by atoms with E-state index < -0.39 is 6.15 Å². The first kappa shape index (κ1) is 18.4. The van der Waals surface area contributed by atoms with Crippen LogP contribution in [0, 0.1) is 0 Å². The largest absolute Gasteiger partial charge is 0.195 e. The summed E-state index contributed by atoms with van der Waals surface area (Å²) >= 11 is 0. The van der Waals surface area contributed by atoms with Gasteiger partial charge >= 0.3 is 0 Å². The predicted molar refractivity (Wildman–Crippen MR) is 110 cm³/mol. The normalized spacial score (nSPS) is 10.8. The van der Waals surface area contributed by atoms with Crippen LogP contribution in [0.5, 0.6) is 0 Å². The van der Waals surface area contributed by atoms with Gasteiger partial charge in [0.1, 0.15) is 6.15 Å². The molecule has 0 aliphatic heterocycles. The van der Waals surface area contributed by atoms with Crippen LogP contribution in [0.15, 0.2) is 121 Å².